The average molecular weight is 121 g/mol. The van der Waals surface area contributed by atoms with Crippen LogP contribution in [0.15, 0.2) is 28.9 Å². The third-order valence-electron chi connectivity index (χ3n) is 1.52. The molecular weight excluding hydrogens is 110 g/mol. The first-order valence-corrected chi connectivity index (χ1v) is 3.19. The van der Waals surface area contributed by atoms with Crippen molar-refractivity contribution in [3.05, 3.63) is 23.9 Å². The van der Waals surface area contributed by atoms with E-state index in [4.69, 9.17) is 0 Å². The second-order valence-corrected chi connectivity index (χ2v) is 2.12. The predicted octanol–water partition coefficient (Wildman–Crippen LogP) is 2.31. The molecule has 0 aliphatic carbocycles. The zero-order valence-electron chi connectivity index (χ0n) is 5.89. The van der Waals surface area contributed by atoms with Gasteiger partial charge in [0.15, 0.2) is 0 Å². The SMILES string of the molecule is CC=C1CC=CN=C1C. The second kappa shape index (κ2) is 2.62. The molecule has 9 heavy (non-hydrogen) atoms. The molecule has 0 aromatic heterocycles. The van der Waals surface area contributed by atoms with E-state index in [0.717, 1.165) is 12.1 Å². The summed E-state index contributed by atoms with van der Waals surface area (Å²) < 4.78 is 0. The van der Waals surface area contributed by atoms with Crippen LogP contribution in [-0.4, -0.2) is 5.71 Å². The number of hydrogen-bond acceptors (Lipinski definition) is 1. The van der Waals surface area contributed by atoms with Gasteiger partial charge in [0.25, 0.3) is 0 Å². The van der Waals surface area contributed by atoms with E-state index < -0.39 is 0 Å². The van der Waals surface area contributed by atoms with Gasteiger partial charge in [0, 0.05) is 11.9 Å². The van der Waals surface area contributed by atoms with Crippen molar-refractivity contribution in [1.29, 1.82) is 0 Å². The second-order valence-electron chi connectivity index (χ2n) is 2.12. The molecule has 1 aliphatic rings. The molecule has 1 aliphatic heterocycles. The van der Waals surface area contributed by atoms with Gasteiger partial charge in [-0.2, -0.15) is 0 Å². The normalized spacial score (nSPS) is 22.4. The Morgan fingerprint density at radius 3 is 2.89 bits per heavy atom. The van der Waals surface area contributed by atoms with Crippen LogP contribution in [0.5, 0.6) is 0 Å². The molecule has 0 N–H and O–H groups in total. The summed E-state index contributed by atoms with van der Waals surface area (Å²) in [7, 11) is 0. The van der Waals surface area contributed by atoms with Gasteiger partial charge in [-0.25, -0.2) is 0 Å². The van der Waals surface area contributed by atoms with E-state index in [-0.39, 0.29) is 0 Å². The molecule has 1 heteroatoms. The molecule has 0 amide bonds. The molecule has 0 aromatic carbocycles. The van der Waals surface area contributed by atoms with Crippen LogP contribution in [0.2, 0.25) is 0 Å². The van der Waals surface area contributed by atoms with E-state index in [2.05, 4.69) is 17.1 Å². The van der Waals surface area contributed by atoms with Crippen molar-refractivity contribution >= 4 is 5.71 Å². The Bertz CT molecular complexity index is 185. The minimum absolute atomic E-state index is 1.05. The van der Waals surface area contributed by atoms with Crippen LogP contribution in [-0.2, 0) is 0 Å². The number of hydrogen-bond donors (Lipinski definition) is 0. The average Bonchev–Trinajstić information content (AvgIpc) is 1.89. The molecule has 1 rings (SSSR count). The van der Waals surface area contributed by atoms with Crippen molar-refractivity contribution in [1.82, 2.24) is 0 Å². The lowest BCUT2D eigenvalue weighted by atomic mass is 10.1. The Kier molecular flexibility index (Phi) is 1.83. The highest BCUT2D eigenvalue weighted by Gasteiger charge is 1.99. The molecular formula is C8H11N. The molecule has 0 aromatic rings. The van der Waals surface area contributed by atoms with E-state index in [9.17, 15) is 0 Å². The lowest BCUT2D eigenvalue weighted by molar-refractivity contribution is 1.23. The van der Waals surface area contributed by atoms with Crippen molar-refractivity contribution in [2.45, 2.75) is 20.3 Å². The fraction of sp³-hybridized carbons (Fsp3) is 0.375. The first-order chi connectivity index (χ1) is 4.34. The third kappa shape index (κ3) is 1.28. The van der Waals surface area contributed by atoms with Gasteiger partial charge >= 0.3 is 0 Å². The zero-order chi connectivity index (χ0) is 6.69. The summed E-state index contributed by atoms with van der Waals surface area (Å²) in [6.45, 7) is 4.09. The van der Waals surface area contributed by atoms with Crippen molar-refractivity contribution < 1.29 is 0 Å². The van der Waals surface area contributed by atoms with E-state index in [1.165, 1.54) is 5.57 Å². The number of allylic oxidation sites excluding steroid dienone is 3. The van der Waals surface area contributed by atoms with Crippen LogP contribution >= 0.6 is 0 Å². The molecule has 1 nitrogen and oxygen atoms in total. The monoisotopic (exact) mass is 121 g/mol. The highest BCUT2D eigenvalue weighted by atomic mass is 14.7. The molecule has 0 unspecified atom stereocenters. The molecule has 0 fully saturated rings. The molecule has 0 saturated carbocycles. The van der Waals surface area contributed by atoms with Crippen LogP contribution in [0.3, 0.4) is 0 Å². The van der Waals surface area contributed by atoms with Crippen molar-refractivity contribution in [3.8, 4) is 0 Å². The summed E-state index contributed by atoms with van der Waals surface area (Å²) >= 11 is 0. The molecule has 1 heterocycles. The van der Waals surface area contributed by atoms with Gasteiger partial charge in [0.05, 0.1) is 0 Å². The third-order valence-corrected chi connectivity index (χ3v) is 1.52. The Morgan fingerprint density at radius 1 is 1.67 bits per heavy atom. The van der Waals surface area contributed by atoms with Crippen LogP contribution in [0.1, 0.15) is 20.3 Å². The summed E-state index contributed by atoms with van der Waals surface area (Å²) in [5.41, 5.74) is 2.50. The first-order valence-electron chi connectivity index (χ1n) is 3.19. The highest BCUT2D eigenvalue weighted by Crippen LogP contribution is 2.09. The summed E-state index contributed by atoms with van der Waals surface area (Å²) in [5.74, 6) is 0. The lowest BCUT2D eigenvalue weighted by Crippen LogP contribution is -1.98. The minimum Gasteiger partial charge on any atom is -0.262 e. The smallest absolute Gasteiger partial charge is 0.0404 e. The lowest BCUT2D eigenvalue weighted by Gasteiger charge is -2.05. The molecule has 0 saturated heterocycles. The van der Waals surface area contributed by atoms with Gasteiger partial charge in [-0.1, -0.05) is 12.2 Å². The number of aliphatic imine (C=N–C) groups is 1. The molecule has 0 radical (unpaired) electrons. The zero-order valence-corrected chi connectivity index (χ0v) is 5.89. The van der Waals surface area contributed by atoms with Gasteiger partial charge in [0.1, 0.15) is 0 Å². The van der Waals surface area contributed by atoms with E-state index in [0.29, 0.717) is 0 Å². The topological polar surface area (TPSA) is 12.4 Å². The molecule has 0 atom stereocenters. The Labute approximate surface area is 55.8 Å². The summed E-state index contributed by atoms with van der Waals surface area (Å²) in [6.07, 6.45) is 7.10. The van der Waals surface area contributed by atoms with Gasteiger partial charge in [-0.15, -0.1) is 0 Å². The Balaban J connectivity index is 2.83. The van der Waals surface area contributed by atoms with Gasteiger partial charge in [-0.3, -0.25) is 4.99 Å². The van der Waals surface area contributed by atoms with Crippen LogP contribution in [0.4, 0.5) is 0 Å². The largest absolute Gasteiger partial charge is 0.262 e. The summed E-state index contributed by atoms with van der Waals surface area (Å²) in [5, 5.41) is 0. The standard InChI is InChI=1S/C8H11N/c1-3-8-5-4-6-9-7(8)2/h3-4,6H,5H2,1-2H3. The molecule has 0 bridgehead atoms. The van der Waals surface area contributed by atoms with Gasteiger partial charge in [-0.05, 0) is 25.8 Å². The minimum atomic E-state index is 1.05. The number of nitrogens with zero attached hydrogens (tertiary/aromatic N) is 1. The maximum absolute atomic E-state index is 4.15. The maximum Gasteiger partial charge on any atom is 0.0404 e. The molecule has 48 valence electrons. The van der Waals surface area contributed by atoms with Crippen LogP contribution < -0.4 is 0 Å². The fourth-order valence-corrected chi connectivity index (χ4v) is 0.902. The first kappa shape index (κ1) is 6.27. The van der Waals surface area contributed by atoms with Gasteiger partial charge in [0.2, 0.25) is 0 Å². The highest BCUT2D eigenvalue weighted by molar-refractivity contribution is 5.99. The van der Waals surface area contributed by atoms with Crippen molar-refractivity contribution in [3.63, 3.8) is 0 Å². The fourth-order valence-electron chi connectivity index (χ4n) is 0.902. The van der Waals surface area contributed by atoms with E-state index in [1.807, 2.05) is 20.0 Å². The summed E-state index contributed by atoms with van der Waals surface area (Å²) in [4.78, 5) is 4.15. The Hall–Kier alpha value is -0.850. The maximum atomic E-state index is 4.15. The van der Waals surface area contributed by atoms with Gasteiger partial charge < -0.3 is 0 Å². The Morgan fingerprint density at radius 2 is 2.44 bits per heavy atom. The van der Waals surface area contributed by atoms with Crippen LogP contribution in [0.25, 0.3) is 0 Å². The quantitative estimate of drug-likeness (QED) is 0.466. The predicted molar refractivity (Wildman–Crippen MR) is 40.6 cm³/mol. The number of rotatable bonds is 0. The molecule has 0 spiro atoms. The van der Waals surface area contributed by atoms with E-state index >= 15 is 0 Å². The van der Waals surface area contributed by atoms with E-state index in [1.54, 1.807) is 0 Å². The van der Waals surface area contributed by atoms with Crippen molar-refractivity contribution in [2.75, 3.05) is 0 Å². The summed E-state index contributed by atoms with van der Waals surface area (Å²) in [6, 6.07) is 0. The van der Waals surface area contributed by atoms with Crippen LogP contribution in [0, 0.1) is 0 Å². The van der Waals surface area contributed by atoms with Crippen molar-refractivity contribution in [2.24, 2.45) is 4.99 Å².